The van der Waals surface area contributed by atoms with Gasteiger partial charge >= 0.3 is 0 Å². The highest BCUT2D eigenvalue weighted by atomic mass is 19.1. The maximum Gasteiger partial charge on any atom is 0.165 e. The molecule has 3 heteroatoms. The molecule has 0 unspecified atom stereocenters. The van der Waals surface area contributed by atoms with Gasteiger partial charge in [0, 0.05) is 0 Å². The summed E-state index contributed by atoms with van der Waals surface area (Å²) in [6, 6.07) is 6.58. The Bertz CT molecular complexity index is 326. The van der Waals surface area contributed by atoms with Gasteiger partial charge in [-0.05, 0) is 45.2 Å². The van der Waals surface area contributed by atoms with Crippen molar-refractivity contribution >= 4 is 0 Å². The first-order chi connectivity index (χ1) is 8.77. The van der Waals surface area contributed by atoms with E-state index in [0.29, 0.717) is 12.4 Å². The van der Waals surface area contributed by atoms with E-state index in [9.17, 15) is 4.39 Å². The number of nitrogens with one attached hydrogen (secondary N) is 1. The van der Waals surface area contributed by atoms with Gasteiger partial charge in [-0.2, -0.15) is 0 Å². The van der Waals surface area contributed by atoms with Gasteiger partial charge in [0.05, 0.1) is 26.2 Å². The first-order valence-electron chi connectivity index (χ1n) is 6.98. The van der Waals surface area contributed by atoms with Gasteiger partial charge in [0.25, 0.3) is 0 Å². The summed E-state index contributed by atoms with van der Waals surface area (Å²) in [5.41, 5.74) is 0. The second-order valence-electron chi connectivity index (χ2n) is 4.55. The van der Waals surface area contributed by atoms with Crippen LogP contribution in [0.1, 0.15) is 33.1 Å². The highest BCUT2D eigenvalue weighted by Crippen LogP contribution is 2.15. The van der Waals surface area contributed by atoms with E-state index in [-0.39, 0.29) is 5.82 Å². The third-order valence-electron chi connectivity index (χ3n) is 3.27. The first kappa shape index (κ1) is 15.0. The number of hydrogen-bond acceptors (Lipinski definition) is 1. The Labute approximate surface area is 110 Å². The fourth-order valence-electron chi connectivity index (χ4n) is 2.00. The van der Waals surface area contributed by atoms with Gasteiger partial charge in [0.2, 0.25) is 0 Å². The Morgan fingerprint density at radius 1 is 1.06 bits per heavy atom. The molecule has 0 spiro atoms. The summed E-state index contributed by atoms with van der Waals surface area (Å²) >= 11 is 0. The van der Waals surface area contributed by atoms with Crippen LogP contribution in [-0.2, 0) is 0 Å². The van der Waals surface area contributed by atoms with Crippen LogP contribution in [0.4, 0.5) is 4.39 Å². The summed E-state index contributed by atoms with van der Waals surface area (Å²) in [5.74, 6) is 0.0944. The van der Waals surface area contributed by atoms with Crippen LogP contribution < -0.4 is 9.64 Å². The molecule has 0 atom stereocenters. The van der Waals surface area contributed by atoms with Crippen LogP contribution in [0.25, 0.3) is 0 Å². The summed E-state index contributed by atoms with van der Waals surface area (Å²) in [4.78, 5) is 1.64. The fraction of sp³-hybridized carbons (Fsp3) is 0.600. The molecule has 0 aromatic heterocycles. The number of rotatable bonds is 9. The van der Waals surface area contributed by atoms with Crippen LogP contribution in [0.15, 0.2) is 24.3 Å². The lowest BCUT2D eigenvalue weighted by Crippen LogP contribution is -3.11. The molecule has 18 heavy (non-hydrogen) atoms. The van der Waals surface area contributed by atoms with Gasteiger partial charge in [0.1, 0.15) is 0 Å². The standard InChI is InChI=1S/C15H24FNO/c1-3-17(4-2)12-8-5-9-13-18-15-11-7-6-10-14(15)16/h6-7,10-11H,3-5,8-9,12-13H2,1-2H3/p+1. The smallest absolute Gasteiger partial charge is 0.165 e. The van der Waals surface area contributed by atoms with Crippen molar-refractivity contribution in [2.75, 3.05) is 26.2 Å². The predicted octanol–water partition coefficient (Wildman–Crippen LogP) is 2.30. The van der Waals surface area contributed by atoms with Crippen LogP contribution in [0.2, 0.25) is 0 Å². The van der Waals surface area contributed by atoms with E-state index in [0.717, 1.165) is 12.8 Å². The number of para-hydroxylation sites is 1. The van der Waals surface area contributed by atoms with E-state index in [4.69, 9.17) is 4.74 Å². The molecule has 1 rings (SSSR count). The molecule has 2 nitrogen and oxygen atoms in total. The molecule has 0 aliphatic carbocycles. The van der Waals surface area contributed by atoms with Gasteiger partial charge in [0.15, 0.2) is 11.6 Å². The second kappa shape index (κ2) is 8.92. The van der Waals surface area contributed by atoms with Gasteiger partial charge in [-0.15, -0.1) is 0 Å². The topological polar surface area (TPSA) is 13.7 Å². The predicted molar refractivity (Wildman–Crippen MR) is 72.7 cm³/mol. The highest BCUT2D eigenvalue weighted by molar-refractivity contribution is 5.23. The molecule has 1 aromatic carbocycles. The molecule has 0 saturated heterocycles. The third-order valence-corrected chi connectivity index (χ3v) is 3.27. The molecule has 102 valence electrons. The minimum Gasteiger partial charge on any atom is -0.491 e. The normalized spacial score (nSPS) is 10.9. The van der Waals surface area contributed by atoms with E-state index in [1.807, 2.05) is 0 Å². The van der Waals surface area contributed by atoms with Crippen molar-refractivity contribution in [3.8, 4) is 5.75 Å². The summed E-state index contributed by atoms with van der Waals surface area (Å²) in [7, 11) is 0. The molecule has 0 fully saturated rings. The molecular weight excluding hydrogens is 229 g/mol. The van der Waals surface area contributed by atoms with Crippen molar-refractivity contribution < 1.29 is 14.0 Å². The Hall–Kier alpha value is -1.09. The van der Waals surface area contributed by atoms with Gasteiger partial charge in [-0.25, -0.2) is 4.39 Å². The Morgan fingerprint density at radius 3 is 2.44 bits per heavy atom. The van der Waals surface area contributed by atoms with Crippen molar-refractivity contribution in [3.05, 3.63) is 30.1 Å². The summed E-state index contributed by atoms with van der Waals surface area (Å²) in [5, 5.41) is 0. The van der Waals surface area contributed by atoms with Crippen molar-refractivity contribution in [3.63, 3.8) is 0 Å². The first-order valence-corrected chi connectivity index (χ1v) is 6.98. The SMILES string of the molecule is CC[NH+](CC)CCCCCOc1ccccc1F. The monoisotopic (exact) mass is 254 g/mol. The number of halogens is 1. The quantitative estimate of drug-likeness (QED) is 0.668. The van der Waals surface area contributed by atoms with E-state index in [2.05, 4.69) is 13.8 Å². The summed E-state index contributed by atoms with van der Waals surface area (Å²) < 4.78 is 18.6. The molecule has 1 N–H and O–H groups in total. The largest absolute Gasteiger partial charge is 0.491 e. The molecule has 0 heterocycles. The molecule has 0 aliphatic heterocycles. The lowest BCUT2D eigenvalue weighted by atomic mass is 10.2. The average molecular weight is 254 g/mol. The number of hydrogen-bond donors (Lipinski definition) is 1. The summed E-state index contributed by atoms with van der Waals surface area (Å²) in [6.45, 7) is 8.67. The second-order valence-corrected chi connectivity index (χ2v) is 4.55. The zero-order chi connectivity index (χ0) is 13.2. The van der Waals surface area contributed by atoms with Crippen LogP contribution in [0.3, 0.4) is 0 Å². The Kier molecular flexibility index (Phi) is 7.42. The molecule has 0 aliphatic rings. The van der Waals surface area contributed by atoms with Crippen LogP contribution in [-0.4, -0.2) is 26.2 Å². The molecule has 0 amide bonds. The van der Waals surface area contributed by atoms with Crippen LogP contribution in [0, 0.1) is 5.82 Å². The van der Waals surface area contributed by atoms with Gasteiger partial charge < -0.3 is 9.64 Å². The Morgan fingerprint density at radius 2 is 1.78 bits per heavy atom. The van der Waals surface area contributed by atoms with E-state index in [1.165, 1.54) is 32.1 Å². The maximum atomic E-state index is 13.2. The third kappa shape index (κ3) is 5.50. The molecule has 0 saturated carbocycles. The van der Waals surface area contributed by atoms with Crippen molar-refractivity contribution in [1.82, 2.24) is 0 Å². The zero-order valence-corrected chi connectivity index (χ0v) is 11.5. The molecule has 1 aromatic rings. The van der Waals surface area contributed by atoms with E-state index >= 15 is 0 Å². The Balaban J connectivity index is 2.07. The lowest BCUT2D eigenvalue weighted by molar-refractivity contribution is -0.896. The van der Waals surface area contributed by atoms with E-state index < -0.39 is 0 Å². The van der Waals surface area contributed by atoms with Crippen molar-refractivity contribution in [1.29, 1.82) is 0 Å². The van der Waals surface area contributed by atoms with Crippen LogP contribution >= 0.6 is 0 Å². The van der Waals surface area contributed by atoms with E-state index in [1.54, 1.807) is 23.1 Å². The number of benzene rings is 1. The highest BCUT2D eigenvalue weighted by Gasteiger charge is 2.03. The lowest BCUT2D eigenvalue weighted by Gasteiger charge is -2.14. The molecular formula is C15H25FNO+. The minimum atomic E-state index is -0.273. The minimum absolute atomic E-state index is 0.273. The molecule has 0 radical (unpaired) electrons. The number of unbranched alkanes of at least 4 members (excludes halogenated alkanes) is 2. The number of ether oxygens (including phenoxy) is 1. The van der Waals surface area contributed by atoms with Crippen molar-refractivity contribution in [2.24, 2.45) is 0 Å². The number of quaternary nitrogens is 1. The maximum absolute atomic E-state index is 13.2. The average Bonchev–Trinajstić information content (AvgIpc) is 2.40. The van der Waals surface area contributed by atoms with Crippen molar-refractivity contribution in [2.45, 2.75) is 33.1 Å². The van der Waals surface area contributed by atoms with Gasteiger partial charge in [-0.1, -0.05) is 12.1 Å². The summed E-state index contributed by atoms with van der Waals surface area (Å²) in [6.07, 6.45) is 3.37. The van der Waals surface area contributed by atoms with Gasteiger partial charge in [-0.3, -0.25) is 0 Å². The fourth-order valence-corrected chi connectivity index (χ4v) is 2.00. The zero-order valence-electron chi connectivity index (χ0n) is 11.5. The van der Waals surface area contributed by atoms with Crippen LogP contribution in [0.5, 0.6) is 5.75 Å². The molecule has 0 bridgehead atoms.